The van der Waals surface area contributed by atoms with Gasteiger partial charge in [0, 0.05) is 49.7 Å². The van der Waals surface area contributed by atoms with Crippen LogP contribution in [-0.4, -0.2) is 56.8 Å². The van der Waals surface area contributed by atoms with Gasteiger partial charge in [-0.25, -0.2) is 14.8 Å². The monoisotopic (exact) mass is 472 g/mol. The van der Waals surface area contributed by atoms with Crippen LogP contribution in [0.5, 0.6) is 0 Å². The number of carbonyl (C=O) groups is 1. The van der Waals surface area contributed by atoms with Gasteiger partial charge in [0.15, 0.2) is 0 Å². The van der Waals surface area contributed by atoms with Crippen LogP contribution in [-0.2, 0) is 10.2 Å². The zero-order chi connectivity index (χ0) is 25.0. The van der Waals surface area contributed by atoms with Crippen molar-refractivity contribution in [3.63, 3.8) is 0 Å². The summed E-state index contributed by atoms with van der Waals surface area (Å²) in [6, 6.07) is 7.86. The third-order valence-electron chi connectivity index (χ3n) is 7.02. The number of ether oxygens (including phenoxy) is 1. The summed E-state index contributed by atoms with van der Waals surface area (Å²) in [5, 5.41) is 10.5. The fourth-order valence-electron chi connectivity index (χ4n) is 4.87. The molecule has 1 aliphatic carbocycles. The highest BCUT2D eigenvalue weighted by molar-refractivity contribution is 5.96. The SMILES string of the molecule is CC1CN(C(=O)OC(C)(C)C)CCN1c1nccc2c1c(C1(C)CC1)cn2-c1cc(C#N)ccn1. The second-order valence-electron chi connectivity index (χ2n) is 11.0. The Morgan fingerprint density at radius 1 is 1.20 bits per heavy atom. The van der Waals surface area contributed by atoms with Gasteiger partial charge in [-0.1, -0.05) is 6.92 Å². The number of nitriles is 1. The Morgan fingerprint density at radius 2 is 1.94 bits per heavy atom. The molecular weight excluding hydrogens is 440 g/mol. The van der Waals surface area contributed by atoms with E-state index < -0.39 is 5.60 Å². The average Bonchev–Trinajstić information content (AvgIpc) is 3.43. The Balaban J connectivity index is 1.54. The maximum Gasteiger partial charge on any atom is 0.410 e. The van der Waals surface area contributed by atoms with Gasteiger partial charge in [-0.15, -0.1) is 0 Å². The van der Waals surface area contributed by atoms with Crippen LogP contribution in [0.15, 0.2) is 36.8 Å². The van der Waals surface area contributed by atoms with Crippen LogP contribution in [0.1, 0.15) is 58.6 Å². The van der Waals surface area contributed by atoms with Crippen molar-refractivity contribution >= 4 is 22.8 Å². The number of fused-ring (bicyclic) bond motifs is 1. The lowest BCUT2D eigenvalue weighted by atomic mass is 9.97. The number of amides is 1. The first kappa shape index (κ1) is 23.2. The van der Waals surface area contributed by atoms with Crippen molar-refractivity contribution in [1.29, 1.82) is 5.26 Å². The van der Waals surface area contributed by atoms with Crippen LogP contribution < -0.4 is 4.90 Å². The van der Waals surface area contributed by atoms with E-state index in [9.17, 15) is 10.1 Å². The van der Waals surface area contributed by atoms with E-state index in [1.807, 2.05) is 39.1 Å². The number of carbonyl (C=O) groups excluding carboxylic acids is 1. The van der Waals surface area contributed by atoms with Gasteiger partial charge in [-0.2, -0.15) is 5.26 Å². The van der Waals surface area contributed by atoms with Crippen LogP contribution in [0.3, 0.4) is 0 Å². The molecule has 1 atom stereocenters. The summed E-state index contributed by atoms with van der Waals surface area (Å²) in [5.74, 6) is 1.67. The van der Waals surface area contributed by atoms with Crippen molar-refractivity contribution in [1.82, 2.24) is 19.4 Å². The zero-order valence-corrected chi connectivity index (χ0v) is 21.1. The van der Waals surface area contributed by atoms with Crippen molar-refractivity contribution in [2.75, 3.05) is 24.5 Å². The first-order valence-electron chi connectivity index (χ1n) is 12.2. The smallest absolute Gasteiger partial charge is 0.410 e. The maximum absolute atomic E-state index is 12.7. The summed E-state index contributed by atoms with van der Waals surface area (Å²) in [6.07, 6.45) is 7.69. The van der Waals surface area contributed by atoms with Crippen LogP contribution in [0, 0.1) is 11.3 Å². The van der Waals surface area contributed by atoms with E-state index in [1.54, 1.807) is 17.2 Å². The average molecular weight is 473 g/mol. The van der Waals surface area contributed by atoms with Crippen molar-refractivity contribution in [3.05, 3.63) is 47.9 Å². The molecule has 1 saturated carbocycles. The number of hydrogen-bond donors (Lipinski definition) is 0. The summed E-state index contributed by atoms with van der Waals surface area (Å²) >= 11 is 0. The van der Waals surface area contributed by atoms with E-state index in [4.69, 9.17) is 9.72 Å². The standard InChI is InChI=1S/C27H32N6O2/c1-18-16-31(25(34)35-26(2,3)4)12-13-32(18)24-23-20(27(5)8-9-27)17-33(21(23)7-11-30-24)22-14-19(15-28)6-10-29-22/h6-7,10-11,14,17-18H,8-9,12-13,16H2,1-5H3. The first-order chi connectivity index (χ1) is 16.6. The molecule has 1 amide bonds. The van der Waals surface area contributed by atoms with Crippen molar-refractivity contribution in [2.45, 2.75) is 64.5 Å². The molecule has 8 nitrogen and oxygen atoms in total. The van der Waals surface area contributed by atoms with Crippen LogP contribution in [0.25, 0.3) is 16.7 Å². The lowest BCUT2D eigenvalue weighted by Gasteiger charge is -2.41. The molecule has 0 bridgehead atoms. The minimum atomic E-state index is -0.515. The van der Waals surface area contributed by atoms with Gasteiger partial charge in [-0.3, -0.25) is 0 Å². The highest BCUT2D eigenvalue weighted by Crippen LogP contribution is 2.52. The fraction of sp³-hybridized carbons (Fsp3) is 0.481. The third kappa shape index (κ3) is 4.31. The predicted octanol–water partition coefficient (Wildman–Crippen LogP) is 4.79. The summed E-state index contributed by atoms with van der Waals surface area (Å²) in [7, 11) is 0. The Labute approximate surface area is 206 Å². The third-order valence-corrected chi connectivity index (χ3v) is 7.02. The Hall–Kier alpha value is -3.60. The number of nitrogens with zero attached hydrogens (tertiary/aromatic N) is 6. The van der Waals surface area contributed by atoms with Gasteiger partial charge >= 0.3 is 6.09 Å². The molecule has 5 rings (SSSR count). The summed E-state index contributed by atoms with van der Waals surface area (Å²) in [4.78, 5) is 26.2. The van der Waals surface area contributed by atoms with Gasteiger partial charge in [0.1, 0.15) is 17.2 Å². The van der Waals surface area contributed by atoms with Gasteiger partial charge in [0.25, 0.3) is 0 Å². The lowest BCUT2D eigenvalue weighted by molar-refractivity contribution is 0.0218. The quantitative estimate of drug-likeness (QED) is 0.545. The fourth-order valence-corrected chi connectivity index (χ4v) is 4.87. The molecule has 35 heavy (non-hydrogen) atoms. The Kier molecular flexibility index (Phi) is 5.47. The van der Waals surface area contributed by atoms with E-state index in [1.165, 1.54) is 5.56 Å². The minimum absolute atomic E-state index is 0.0811. The number of aromatic nitrogens is 3. The largest absolute Gasteiger partial charge is 0.444 e. The first-order valence-corrected chi connectivity index (χ1v) is 12.2. The number of piperazine rings is 1. The number of pyridine rings is 2. The van der Waals surface area contributed by atoms with Gasteiger partial charge in [0.05, 0.1) is 17.1 Å². The van der Waals surface area contributed by atoms with Crippen molar-refractivity contribution in [3.8, 4) is 11.9 Å². The van der Waals surface area contributed by atoms with E-state index in [0.717, 1.165) is 35.4 Å². The maximum atomic E-state index is 12.7. The van der Waals surface area contributed by atoms with E-state index in [-0.39, 0.29) is 17.6 Å². The van der Waals surface area contributed by atoms with E-state index in [2.05, 4.69) is 40.6 Å². The molecule has 1 saturated heterocycles. The molecule has 0 N–H and O–H groups in total. The molecule has 2 aliphatic rings. The molecule has 0 radical (unpaired) electrons. The molecule has 1 unspecified atom stereocenters. The van der Waals surface area contributed by atoms with Gasteiger partial charge in [0.2, 0.25) is 0 Å². The van der Waals surface area contributed by atoms with Gasteiger partial charge < -0.3 is 19.1 Å². The summed E-state index contributed by atoms with van der Waals surface area (Å²) in [6.45, 7) is 11.9. The van der Waals surface area contributed by atoms with Crippen LogP contribution in [0.2, 0.25) is 0 Å². The molecule has 182 valence electrons. The molecule has 0 aromatic carbocycles. The molecule has 8 heteroatoms. The minimum Gasteiger partial charge on any atom is -0.444 e. The molecule has 1 aliphatic heterocycles. The molecular formula is C27H32N6O2. The van der Waals surface area contributed by atoms with Crippen LogP contribution in [0.4, 0.5) is 10.6 Å². The highest BCUT2D eigenvalue weighted by atomic mass is 16.6. The topological polar surface area (TPSA) is 87.3 Å². The Morgan fingerprint density at radius 3 is 2.60 bits per heavy atom. The summed E-state index contributed by atoms with van der Waals surface area (Å²) in [5.41, 5.74) is 2.47. The molecule has 0 spiro atoms. The predicted molar refractivity (Wildman–Crippen MR) is 135 cm³/mol. The molecule has 3 aromatic rings. The second kappa shape index (κ2) is 8.26. The lowest BCUT2D eigenvalue weighted by Crippen LogP contribution is -2.54. The molecule has 4 heterocycles. The van der Waals surface area contributed by atoms with Crippen molar-refractivity contribution < 1.29 is 9.53 Å². The zero-order valence-electron chi connectivity index (χ0n) is 21.1. The normalized spacial score (nSPS) is 19.5. The van der Waals surface area contributed by atoms with Crippen LogP contribution >= 0.6 is 0 Å². The van der Waals surface area contributed by atoms with E-state index >= 15 is 0 Å². The highest BCUT2D eigenvalue weighted by Gasteiger charge is 2.43. The number of anilines is 1. The second-order valence-corrected chi connectivity index (χ2v) is 11.0. The molecule has 3 aromatic heterocycles. The molecule has 2 fully saturated rings. The van der Waals surface area contributed by atoms with E-state index in [0.29, 0.717) is 25.2 Å². The number of rotatable bonds is 3. The Bertz CT molecular complexity index is 1330. The summed E-state index contributed by atoms with van der Waals surface area (Å²) < 4.78 is 7.68. The number of hydrogen-bond acceptors (Lipinski definition) is 6. The van der Waals surface area contributed by atoms with Gasteiger partial charge in [-0.05, 0) is 69.7 Å². The van der Waals surface area contributed by atoms with Crippen molar-refractivity contribution in [2.24, 2.45) is 0 Å².